The third-order valence-corrected chi connectivity index (χ3v) is 7.45. The maximum atomic E-state index is 13.4. The SMILES string of the molecule is C=C(O/C(=C\C)Sc1nc2ccccc2[nH]1)C1C2=C(CC(C)(C)CC2=O)Nc2c1c[nH]c2C(=O)OCC. The molecule has 2 aromatic heterocycles. The number of H-pyrrole nitrogens is 2. The minimum atomic E-state index is -0.541. The number of thioether (sulfide) groups is 1. The van der Waals surface area contributed by atoms with Crippen LogP contribution in [0.2, 0.25) is 0 Å². The third kappa shape index (κ3) is 4.71. The molecular weight excluding hydrogens is 488 g/mol. The van der Waals surface area contributed by atoms with Gasteiger partial charge >= 0.3 is 5.97 Å². The first kappa shape index (κ1) is 25.0. The van der Waals surface area contributed by atoms with Crippen LogP contribution in [0.25, 0.3) is 11.0 Å². The molecule has 1 atom stereocenters. The van der Waals surface area contributed by atoms with Crippen LogP contribution in [0.1, 0.15) is 62.5 Å². The van der Waals surface area contributed by atoms with Crippen molar-refractivity contribution in [2.75, 3.05) is 11.9 Å². The summed E-state index contributed by atoms with van der Waals surface area (Å²) in [6.45, 7) is 12.3. The van der Waals surface area contributed by atoms with E-state index >= 15 is 0 Å². The molecule has 192 valence electrons. The normalized spacial score (nSPS) is 18.8. The standard InChI is InChI=1S/C28H30N4O4S/c1-6-21(37-27-31-17-10-8-9-11-18(17)32-27)36-15(3)22-16-14-29-25(26(34)35-7-2)24(16)30-19-12-28(4,5)13-20(33)23(19)22/h6,8-11,14,22,29-30H,3,7,12-13H2,1-2,4-5H3,(H,31,32)/b21-6+. The summed E-state index contributed by atoms with van der Waals surface area (Å²) < 4.78 is 11.5. The van der Waals surface area contributed by atoms with Gasteiger partial charge in [0.2, 0.25) is 0 Å². The highest BCUT2D eigenvalue weighted by atomic mass is 32.2. The summed E-state index contributed by atoms with van der Waals surface area (Å²) in [6.07, 6.45) is 4.65. The molecule has 0 spiro atoms. The van der Waals surface area contributed by atoms with E-state index < -0.39 is 11.9 Å². The molecule has 3 N–H and O–H groups in total. The molecule has 37 heavy (non-hydrogen) atoms. The van der Waals surface area contributed by atoms with Crippen LogP contribution in [-0.4, -0.2) is 33.3 Å². The minimum Gasteiger partial charge on any atom is -0.461 e. The lowest BCUT2D eigenvalue weighted by Crippen LogP contribution is -2.34. The van der Waals surface area contributed by atoms with Crippen molar-refractivity contribution < 1.29 is 19.1 Å². The van der Waals surface area contributed by atoms with E-state index in [-0.39, 0.29) is 17.8 Å². The Morgan fingerprint density at radius 3 is 2.81 bits per heavy atom. The van der Waals surface area contributed by atoms with E-state index in [0.29, 0.717) is 45.8 Å². The second-order valence-corrected chi connectivity index (χ2v) is 10.9. The number of esters is 1. The van der Waals surface area contributed by atoms with Crippen molar-refractivity contribution in [1.29, 1.82) is 0 Å². The van der Waals surface area contributed by atoms with Crippen molar-refractivity contribution in [1.82, 2.24) is 15.0 Å². The highest BCUT2D eigenvalue weighted by molar-refractivity contribution is 8.02. The molecule has 1 unspecified atom stereocenters. The summed E-state index contributed by atoms with van der Waals surface area (Å²) in [5, 5.41) is 4.64. The van der Waals surface area contributed by atoms with Crippen molar-refractivity contribution in [3.8, 4) is 0 Å². The number of para-hydroxylation sites is 2. The lowest BCUT2D eigenvalue weighted by Gasteiger charge is -2.38. The van der Waals surface area contributed by atoms with Crippen LogP contribution < -0.4 is 5.32 Å². The third-order valence-electron chi connectivity index (χ3n) is 6.54. The molecule has 3 aromatic rings. The molecule has 0 bridgehead atoms. The van der Waals surface area contributed by atoms with Crippen molar-refractivity contribution >= 4 is 40.2 Å². The first-order chi connectivity index (χ1) is 17.7. The van der Waals surface area contributed by atoms with Crippen LogP contribution >= 0.6 is 11.8 Å². The van der Waals surface area contributed by atoms with Gasteiger partial charge in [-0.2, -0.15) is 0 Å². The number of aromatic nitrogens is 3. The van der Waals surface area contributed by atoms with Gasteiger partial charge in [-0.3, -0.25) is 4.79 Å². The maximum absolute atomic E-state index is 13.4. The Labute approximate surface area is 219 Å². The van der Waals surface area contributed by atoms with Gasteiger partial charge < -0.3 is 24.8 Å². The van der Waals surface area contributed by atoms with Gasteiger partial charge in [0.1, 0.15) is 11.5 Å². The summed E-state index contributed by atoms with van der Waals surface area (Å²) in [6, 6.07) is 7.80. The van der Waals surface area contributed by atoms with Gasteiger partial charge in [0, 0.05) is 29.5 Å². The molecule has 5 rings (SSSR count). The Hall–Kier alpha value is -3.72. The molecule has 9 heteroatoms. The number of ketones is 1. The van der Waals surface area contributed by atoms with Crippen LogP contribution in [0.15, 0.2) is 70.4 Å². The fourth-order valence-corrected chi connectivity index (χ4v) is 5.75. The number of benzene rings is 1. The maximum Gasteiger partial charge on any atom is 0.356 e. The first-order valence-corrected chi connectivity index (χ1v) is 13.1. The van der Waals surface area contributed by atoms with E-state index in [1.54, 1.807) is 13.1 Å². The van der Waals surface area contributed by atoms with Crippen LogP contribution in [-0.2, 0) is 14.3 Å². The number of imidazole rings is 1. The zero-order valence-electron chi connectivity index (χ0n) is 21.4. The van der Waals surface area contributed by atoms with Gasteiger partial charge in [0.05, 0.1) is 29.2 Å². The Morgan fingerprint density at radius 1 is 1.30 bits per heavy atom. The van der Waals surface area contributed by atoms with Crippen molar-refractivity contribution in [3.63, 3.8) is 0 Å². The number of aromatic amines is 2. The number of hydrogen-bond acceptors (Lipinski definition) is 7. The van der Waals surface area contributed by atoms with Gasteiger partial charge in [0.15, 0.2) is 16.0 Å². The number of fused-ring (bicyclic) bond motifs is 2. The molecule has 0 saturated heterocycles. The number of Topliss-reactive ketones (excluding diaryl/α,β-unsaturated/α-hetero) is 1. The lowest BCUT2D eigenvalue weighted by atomic mass is 9.70. The molecule has 2 aliphatic rings. The van der Waals surface area contributed by atoms with Crippen molar-refractivity contribution in [2.45, 2.75) is 51.6 Å². The van der Waals surface area contributed by atoms with Crippen LogP contribution in [0.4, 0.5) is 5.69 Å². The summed E-state index contributed by atoms with van der Waals surface area (Å²) in [7, 11) is 0. The molecule has 1 aromatic carbocycles. The van der Waals surface area contributed by atoms with E-state index in [1.807, 2.05) is 37.3 Å². The average molecular weight is 519 g/mol. The number of ether oxygens (including phenoxy) is 2. The first-order valence-electron chi connectivity index (χ1n) is 12.3. The molecule has 8 nitrogen and oxygen atoms in total. The highest BCUT2D eigenvalue weighted by Crippen LogP contribution is 2.50. The molecule has 0 fully saturated rings. The van der Waals surface area contributed by atoms with Gasteiger partial charge in [0.25, 0.3) is 0 Å². The second kappa shape index (κ2) is 9.63. The quantitative estimate of drug-likeness (QED) is 0.188. The van der Waals surface area contributed by atoms with E-state index in [9.17, 15) is 9.59 Å². The number of carbonyl (C=O) groups excluding carboxylic acids is 2. The van der Waals surface area contributed by atoms with Gasteiger partial charge in [-0.25, -0.2) is 9.78 Å². The Balaban J connectivity index is 1.48. The number of anilines is 1. The number of rotatable bonds is 7. The van der Waals surface area contributed by atoms with E-state index in [0.717, 1.165) is 22.3 Å². The monoisotopic (exact) mass is 518 g/mol. The summed E-state index contributed by atoms with van der Waals surface area (Å²) in [5.41, 5.74) is 4.67. The zero-order chi connectivity index (χ0) is 26.3. The van der Waals surface area contributed by atoms with E-state index in [4.69, 9.17) is 9.47 Å². The minimum absolute atomic E-state index is 0.0463. The van der Waals surface area contributed by atoms with Gasteiger partial charge in [-0.05, 0) is 55.7 Å². The largest absolute Gasteiger partial charge is 0.461 e. The number of nitrogens with zero attached hydrogens (tertiary/aromatic N) is 1. The van der Waals surface area contributed by atoms with Crippen LogP contribution in [0.3, 0.4) is 0 Å². The topological polar surface area (TPSA) is 109 Å². The molecule has 0 saturated carbocycles. The van der Waals surface area contributed by atoms with Crippen LogP contribution in [0.5, 0.6) is 0 Å². The van der Waals surface area contributed by atoms with Gasteiger partial charge in [-0.1, -0.05) is 32.6 Å². The number of hydrogen-bond donors (Lipinski definition) is 3. The number of allylic oxidation sites excluding steroid dienone is 3. The molecule has 0 amide bonds. The summed E-state index contributed by atoms with van der Waals surface area (Å²) in [4.78, 5) is 37.0. The second-order valence-electron chi connectivity index (χ2n) is 9.94. The number of nitrogens with one attached hydrogen (secondary N) is 3. The molecule has 1 aliphatic carbocycles. The smallest absolute Gasteiger partial charge is 0.356 e. The van der Waals surface area contributed by atoms with Gasteiger partial charge in [-0.15, -0.1) is 0 Å². The van der Waals surface area contributed by atoms with Crippen molar-refractivity contribution in [3.05, 3.63) is 76.5 Å². The highest BCUT2D eigenvalue weighted by Gasteiger charge is 2.43. The van der Waals surface area contributed by atoms with E-state index in [2.05, 4.69) is 40.7 Å². The van der Waals surface area contributed by atoms with Crippen LogP contribution in [0, 0.1) is 5.41 Å². The Morgan fingerprint density at radius 2 is 2.08 bits per heavy atom. The Bertz CT molecular complexity index is 1440. The fourth-order valence-electron chi connectivity index (χ4n) is 4.99. The number of carbonyl (C=O) groups is 2. The molecule has 1 aliphatic heterocycles. The van der Waals surface area contributed by atoms with Crippen molar-refractivity contribution in [2.24, 2.45) is 5.41 Å². The van der Waals surface area contributed by atoms with E-state index in [1.165, 1.54) is 11.8 Å². The predicted octanol–water partition coefficient (Wildman–Crippen LogP) is 6.40. The summed E-state index contributed by atoms with van der Waals surface area (Å²) in [5.74, 6) is -0.554. The zero-order valence-corrected chi connectivity index (χ0v) is 22.2. The Kier molecular flexibility index (Phi) is 6.49. The average Bonchev–Trinajstić information content (AvgIpc) is 3.45. The predicted molar refractivity (Wildman–Crippen MR) is 144 cm³/mol. The molecule has 3 heterocycles. The summed E-state index contributed by atoms with van der Waals surface area (Å²) >= 11 is 1.35. The molecular formula is C28H30N4O4S. The lowest BCUT2D eigenvalue weighted by molar-refractivity contribution is -0.118. The fraction of sp³-hybridized carbons (Fsp3) is 0.321. The molecule has 0 radical (unpaired) electrons.